The number of nitrogens with two attached hydrogens (primary N) is 1. The molecule has 0 amide bonds. The van der Waals surface area contributed by atoms with Crippen molar-refractivity contribution in [3.05, 3.63) is 46.1 Å². The molecule has 0 aliphatic carbocycles. The summed E-state index contributed by atoms with van der Waals surface area (Å²) >= 11 is 3.40. The van der Waals surface area contributed by atoms with E-state index in [2.05, 4.69) is 20.9 Å². The summed E-state index contributed by atoms with van der Waals surface area (Å²) in [5.41, 5.74) is 7.52. The first-order valence-electron chi connectivity index (χ1n) is 6.35. The van der Waals surface area contributed by atoms with Crippen LogP contribution in [0.1, 0.15) is 11.1 Å². The van der Waals surface area contributed by atoms with Gasteiger partial charge in [0.05, 0.1) is 18.0 Å². The van der Waals surface area contributed by atoms with E-state index in [-0.39, 0.29) is 16.5 Å². The van der Waals surface area contributed by atoms with Crippen molar-refractivity contribution in [2.75, 3.05) is 12.3 Å². The van der Waals surface area contributed by atoms with Gasteiger partial charge in [-0.2, -0.15) is 0 Å². The molecule has 1 aliphatic heterocycles. The van der Waals surface area contributed by atoms with E-state index in [1.54, 1.807) is 12.1 Å². The van der Waals surface area contributed by atoms with Gasteiger partial charge in [-0.3, -0.25) is 0 Å². The topological polar surface area (TPSA) is 82.3 Å². The number of nitrogens with zero attached hydrogens (tertiary/aromatic N) is 1. The number of fused-ring (bicyclic) bond motifs is 1. The van der Waals surface area contributed by atoms with Crippen LogP contribution in [0.4, 0.5) is 5.69 Å². The second-order valence-corrected chi connectivity index (χ2v) is 7.63. The Bertz CT molecular complexity index is 806. The molecule has 1 aromatic carbocycles. The predicted octanol–water partition coefficient (Wildman–Crippen LogP) is 2.34. The van der Waals surface area contributed by atoms with E-state index in [1.165, 1.54) is 12.3 Å². The number of sulfone groups is 1. The molecule has 0 saturated heterocycles. The fraction of sp³-hybridized carbons (Fsp3) is 0.214. The molecule has 2 aromatic rings. The minimum Gasteiger partial charge on any atom is -0.493 e. The van der Waals surface area contributed by atoms with Crippen molar-refractivity contribution in [3.63, 3.8) is 0 Å². The Hall–Kier alpha value is -1.60. The summed E-state index contributed by atoms with van der Waals surface area (Å²) < 4.78 is 31.4. The molecule has 7 heteroatoms. The second kappa shape index (κ2) is 5.31. The molecule has 0 bridgehead atoms. The van der Waals surface area contributed by atoms with Crippen molar-refractivity contribution in [2.24, 2.45) is 0 Å². The molecule has 0 saturated carbocycles. The van der Waals surface area contributed by atoms with Gasteiger partial charge in [0.25, 0.3) is 0 Å². The van der Waals surface area contributed by atoms with E-state index >= 15 is 0 Å². The number of anilines is 1. The fourth-order valence-corrected chi connectivity index (χ4v) is 4.35. The van der Waals surface area contributed by atoms with Crippen LogP contribution in [0.25, 0.3) is 0 Å². The standard InChI is InChI=1S/C14H13BrN2O3S/c15-11-6-9-3-5-20-13(9)10(7-11)8-21(18,19)14-12(16)2-1-4-17-14/h1-2,4,6-7H,3,5,8,16H2. The first-order chi connectivity index (χ1) is 9.97. The van der Waals surface area contributed by atoms with Crippen LogP contribution < -0.4 is 10.5 Å². The van der Waals surface area contributed by atoms with Gasteiger partial charge in [-0.05, 0) is 29.8 Å². The van der Waals surface area contributed by atoms with Gasteiger partial charge in [-0.1, -0.05) is 15.9 Å². The number of ether oxygens (including phenoxy) is 1. The van der Waals surface area contributed by atoms with Crippen LogP contribution in [0.5, 0.6) is 5.75 Å². The van der Waals surface area contributed by atoms with E-state index < -0.39 is 9.84 Å². The Labute approximate surface area is 131 Å². The van der Waals surface area contributed by atoms with Crippen molar-refractivity contribution in [1.82, 2.24) is 4.98 Å². The molecular formula is C14H13BrN2O3S. The van der Waals surface area contributed by atoms with Gasteiger partial charge in [0.1, 0.15) is 5.75 Å². The maximum Gasteiger partial charge on any atom is 0.201 e. The number of hydrogen-bond acceptors (Lipinski definition) is 5. The van der Waals surface area contributed by atoms with E-state index in [0.29, 0.717) is 17.9 Å². The zero-order valence-electron chi connectivity index (χ0n) is 11.0. The smallest absolute Gasteiger partial charge is 0.201 e. The van der Waals surface area contributed by atoms with Crippen molar-refractivity contribution in [3.8, 4) is 5.75 Å². The van der Waals surface area contributed by atoms with Gasteiger partial charge in [-0.25, -0.2) is 13.4 Å². The zero-order chi connectivity index (χ0) is 15.0. The zero-order valence-corrected chi connectivity index (χ0v) is 13.4. The van der Waals surface area contributed by atoms with Crippen LogP contribution in [0.15, 0.2) is 40.0 Å². The van der Waals surface area contributed by atoms with Crippen molar-refractivity contribution in [1.29, 1.82) is 0 Å². The van der Waals surface area contributed by atoms with Crippen LogP contribution in [-0.2, 0) is 22.0 Å². The first kappa shape index (κ1) is 14.3. The third kappa shape index (κ3) is 2.75. The summed E-state index contributed by atoms with van der Waals surface area (Å²) in [4.78, 5) is 3.90. The van der Waals surface area contributed by atoms with Gasteiger partial charge in [0, 0.05) is 22.7 Å². The summed E-state index contributed by atoms with van der Waals surface area (Å²) in [5.74, 6) is 0.479. The molecule has 21 heavy (non-hydrogen) atoms. The lowest BCUT2D eigenvalue weighted by Gasteiger charge is -2.10. The fourth-order valence-electron chi connectivity index (χ4n) is 2.39. The monoisotopic (exact) mass is 368 g/mol. The molecule has 2 heterocycles. The number of aromatic nitrogens is 1. The molecule has 0 spiro atoms. The van der Waals surface area contributed by atoms with Crippen molar-refractivity contribution >= 4 is 31.5 Å². The number of rotatable bonds is 3. The largest absolute Gasteiger partial charge is 0.493 e. The maximum atomic E-state index is 12.5. The molecule has 2 N–H and O–H groups in total. The lowest BCUT2D eigenvalue weighted by atomic mass is 10.1. The van der Waals surface area contributed by atoms with Crippen LogP contribution in [0.2, 0.25) is 0 Å². The second-order valence-electron chi connectivity index (χ2n) is 4.81. The highest BCUT2D eigenvalue weighted by atomic mass is 79.9. The van der Waals surface area contributed by atoms with Crippen LogP contribution in [0, 0.1) is 0 Å². The third-order valence-corrected chi connectivity index (χ3v) is 5.35. The molecule has 5 nitrogen and oxygen atoms in total. The Morgan fingerprint density at radius 3 is 2.95 bits per heavy atom. The number of nitrogen functional groups attached to an aromatic ring is 1. The number of pyridine rings is 1. The summed E-state index contributed by atoms with van der Waals surface area (Å²) in [7, 11) is -3.62. The number of halogens is 1. The van der Waals surface area contributed by atoms with Gasteiger partial charge in [0.2, 0.25) is 9.84 Å². The highest BCUT2D eigenvalue weighted by Crippen LogP contribution is 2.35. The van der Waals surface area contributed by atoms with Gasteiger partial charge < -0.3 is 10.5 Å². The first-order valence-corrected chi connectivity index (χ1v) is 8.79. The minimum absolute atomic E-state index is 0.0864. The SMILES string of the molecule is Nc1cccnc1S(=O)(=O)Cc1cc(Br)cc2c1OCC2. The van der Waals surface area contributed by atoms with Crippen molar-refractivity contribution < 1.29 is 13.2 Å². The average Bonchev–Trinajstić information content (AvgIpc) is 2.86. The van der Waals surface area contributed by atoms with Crippen LogP contribution in [0.3, 0.4) is 0 Å². The van der Waals surface area contributed by atoms with E-state index in [4.69, 9.17) is 10.5 Å². The van der Waals surface area contributed by atoms with Gasteiger partial charge in [-0.15, -0.1) is 0 Å². The molecule has 1 aliphatic rings. The number of benzene rings is 1. The maximum absolute atomic E-state index is 12.5. The Morgan fingerprint density at radius 2 is 2.19 bits per heavy atom. The minimum atomic E-state index is -3.62. The molecular weight excluding hydrogens is 356 g/mol. The normalized spacial score (nSPS) is 13.8. The highest BCUT2D eigenvalue weighted by Gasteiger charge is 2.25. The summed E-state index contributed by atoms with van der Waals surface area (Å²) in [6.45, 7) is 0.574. The lowest BCUT2D eigenvalue weighted by Crippen LogP contribution is -2.10. The predicted molar refractivity (Wildman–Crippen MR) is 82.9 cm³/mol. The number of hydrogen-bond donors (Lipinski definition) is 1. The van der Waals surface area contributed by atoms with Gasteiger partial charge >= 0.3 is 0 Å². The third-order valence-electron chi connectivity index (χ3n) is 3.27. The molecule has 0 atom stereocenters. The lowest BCUT2D eigenvalue weighted by molar-refractivity contribution is 0.354. The summed E-state index contributed by atoms with van der Waals surface area (Å²) in [5, 5.41) is -0.0864. The highest BCUT2D eigenvalue weighted by molar-refractivity contribution is 9.10. The molecule has 3 rings (SSSR count). The molecule has 0 unspecified atom stereocenters. The molecule has 0 radical (unpaired) electrons. The summed E-state index contributed by atoms with van der Waals surface area (Å²) in [6, 6.07) is 6.85. The Morgan fingerprint density at radius 1 is 1.38 bits per heavy atom. The molecule has 110 valence electrons. The van der Waals surface area contributed by atoms with Crippen molar-refractivity contribution in [2.45, 2.75) is 17.2 Å². The van der Waals surface area contributed by atoms with E-state index in [0.717, 1.165) is 16.5 Å². The van der Waals surface area contributed by atoms with Crippen LogP contribution in [-0.4, -0.2) is 20.0 Å². The van der Waals surface area contributed by atoms with E-state index in [1.807, 2.05) is 6.07 Å². The average molecular weight is 369 g/mol. The van der Waals surface area contributed by atoms with Crippen LogP contribution >= 0.6 is 15.9 Å². The Kier molecular flexibility index (Phi) is 3.62. The molecule has 0 fully saturated rings. The quantitative estimate of drug-likeness (QED) is 0.898. The Balaban J connectivity index is 2.03. The molecule has 1 aromatic heterocycles. The van der Waals surface area contributed by atoms with E-state index in [9.17, 15) is 8.42 Å². The summed E-state index contributed by atoms with van der Waals surface area (Å²) in [6.07, 6.45) is 2.21. The van der Waals surface area contributed by atoms with Gasteiger partial charge in [0.15, 0.2) is 5.03 Å².